The minimum absolute atomic E-state index is 0.0236. The topological polar surface area (TPSA) is 103 Å². The number of rotatable bonds is 13. The molecule has 0 fully saturated rings. The molecule has 1 heterocycles. The van der Waals surface area contributed by atoms with Crippen molar-refractivity contribution in [1.29, 1.82) is 0 Å². The highest BCUT2D eigenvalue weighted by atomic mass is 35.5. The van der Waals surface area contributed by atoms with Crippen LogP contribution in [0.5, 0.6) is 5.75 Å². The van der Waals surface area contributed by atoms with Crippen molar-refractivity contribution in [3.05, 3.63) is 65.0 Å². The van der Waals surface area contributed by atoms with Gasteiger partial charge in [0.2, 0.25) is 5.91 Å². The summed E-state index contributed by atoms with van der Waals surface area (Å²) in [6, 6.07) is 5.87. The Balaban J connectivity index is 2.11. The Morgan fingerprint density at radius 2 is 1.95 bits per heavy atom. The molecule has 0 saturated heterocycles. The highest BCUT2D eigenvalue weighted by Gasteiger charge is 2.39. The van der Waals surface area contributed by atoms with E-state index in [9.17, 15) is 14.7 Å². The lowest BCUT2D eigenvalue weighted by Gasteiger charge is -2.40. The summed E-state index contributed by atoms with van der Waals surface area (Å²) < 4.78 is 13.6. The van der Waals surface area contributed by atoms with Crippen LogP contribution in [0, 0.1) is 5.92 Å². The first-order valence-electron chi connectivity index (χ1n) is 13.0. The number of nitrogens with one attached hydrogen (secondary N) is 1. The lowest BCUT2D eigenvalue weighted by Crippen LogP contribution is -2.45. The number of carboxylic acid groups (broad SMARTS) is 1. The van der Waals surface area contributed by atoms with Crippen LogP contribution in [-0.2, 0) is 27.5 Å². The third-order valence-electron chi connectivity index (χ3n) is 7.05. The van der Waals surface area contributed by atoms with Gasteiger partial charge in [0.25, 0.3) is 0 Å². The molecular weight excluding hydrogens is 534 g/mol. The molecule has 2 N–H and O–H groups in total. The van der Waals surface area contributed by atoms with Gasteiger partial charge in [0, 0.05) is 19.7 Å². The molecule has 0 aliphatic rings. The van der Waals surface area contributed by atoms with E-state index in [4.69, 9.17) is 20.8 Å². The van der Waals surface area contributed by atoms with Gasteiger partial charge < -0.3 is 19.6 Å². The van der Waals surface area contributed by atoms with E-state index in [2.05, 4.69) is 57.3 Å². The molecule has 2 aromatic rings. The van der Waals surface area contributed by atoms with Gasteiger partial charge in [0.05, 0.1) is 23.9 Å². The Kier molecular flexibility index (Phi) is 11.6. The Bertz CT molecular complexity index is 1190. The average Bonchev–Trinajstić information content (AvgIpc) is 3.25. The van der Waals surface area contributed by atoms with Crippen molar-refractivity contribution in [3.63, 3.8) is 0 Å². The monoisotopic (exact) mass is 575 g/mol. The molecule has 0 bridgehead atoms. The second-order valence-electron chi connectivity index (χ2n) is 11.3. The van der Waals surface area contributed by atoms with Crippen molar-refractivity contribution in [2.24, 2.45) is 13.0 Å². The zero-order valence-corrected chi connectivity index (χ0v) is 26.0. The van der Waals surface area contributed by atoms with Gasteiger partial charge in [-0.1, -0.05) is 57.5 Å². The largest absolute Gasteiger partial charge is 0.495 e. The Labute approximate surface area is 238 Å². The summed E-state index contributed by atoms with van der Waals surface area (Å²) in [7, 11) is 1.29. The molecule has 1 aromatic heterocycles. The van der Waals surface area contributed by atoms with E-state index in [-0.39, 0.29) is 23.5 Å². The van der Waals surface area contributed by atoms with Gasteiger partial charge in [0.15, 0.2) is 8.32 Å². The van der Waals surface area contributed by atoms with Gasteiger partial charge in [-0.25, -0.2) is 4.79 Å². The minimum Gasteiger partial charge on any atom is -0.495 e. The first kappa shape index (κ1) is 32.3. The number of amides is 1. The van der Waals surface area contributed by atoms with E-state index in [0.717, 1.165) is 5.69 Å². The number of aromatic nitrogens is 2. The van der Waals surface area contributed by atoms with Crippen molar-refractivity contribution in [2.45, 2.75) is 70.8 Å². The van der Waals surface area contributed by atoms with Crippen LogP contribution < -0.4 is 10.1 Å². The van der Waals surface area contributed by atoms with Gasteiger partial charge in [-0.15, -0.1) is 0 Å². The summed E-state index contributed by atoms with van der Waals surface area (Å²) in [6.45, 7) is 13.1. The number of carboxylic acids is 1. The first-order valence-corrected chi connectivity index (χ1v) is 16.3. The molecule has 0 saturated carbocycles. The quantitative estimate of drug-likeness (QED) is 0.228. The number of benzene rings is 1. The molecule has 0 radical (unpaired) electrons. The first-order chi connectivity index (χ1) is 18.1. The summed E-state index contributed by atoms with van der Waals surface area (Å²) >= 11 is 6.16. The normalized spacial score (nSPS) is 14.9. The molecule has 0 spiro atoms. The van der Waals surface area contributed by atoms with E-state index >= 15 is 0 Å². The Morgan fingerprint density at radius 1 is 1.26 bits per heavy atom. The standard InChI is InChI=1S/C29H42ClN3O5Si/c1-20(12-14-22-16-17-33(5)32-22)25(38-39(7,8)29(2,3)4)10-9-11-27(34)31-24(28(35)36)19-21-13-15-26(37-6)23(30)18-21/h9,11-18,20,24-25H,10,19H2,1-8H3,(H,31,34)(H,35,36)/b11-9+,14-12+/t20-,24-,25+/m1/s1. The summed E-state index contributed by atoms with van der Waals surface area (Å²) in [5, 5.41) is 17.1. The fourth-order valence-corrected chi connectivity index (χ4v) is 5.32. The number of nitrogens with zero attached hydrogens (tertiary/aromatic N) is 2. The van der Waals surface area contributed by atoms with E-state index in [1.807, 2.05) is 25.4 Å². The molecule has 10 heteroatoms. The fourth-order valence-electron chi connectivity index (χ4n) is 3.62. The van der Waals surface area contributed by atoms with Crippen LogP contribution in [0.25, 0.3) is 6.08 Å². The number of aryl methyl sites for hydroxylation is 1. The maximum absolute atomic E-state index is 12.7. The SMILES string of the molecule is COc1ccc(C[C@@H](NC(=O)/C=C/C[C@H](O[Si](C)(C)C(C)(C)C)[C@H](C)/C=C/c2ccn(C)n2)C(=O)O)cc1Cl. The highest BCUT2D eigenvalue weighted by Crippen LogP contribution is 2.38. The molecular formula is C29H42ClN3O5Si. The number of halogens is 1. The van der Waals surface area contributed by atoms with Gasteiger partial charge in [-0.3, -0.25) is 9.48 Å². The van der Waals surface area contributed by atoms with Crippen LogP contribution >= 0.6 is 11.6 Å². The smallest absolute Gasteiger partial charge is 0.326 e. The molecule has 1 aromatic carbocycles. The second-order valence-corrected chi connectivity index (χ2v) is 16.4. The van der Waals surface area contributed by atoms with Crippen LogP contribution in [0.3, 0.4) is 0 Å². The van der Waals surface area contributed by atoms with E-state index < -0.39 is 26.2 Å². The molecule has 39 heavy (non-hydrogen) atoms. The van der Waals surface area contributed by atoms with Gasteiger partial charge in [0.1, 0.15) is 11.8 Å². The van der Waals surface area contributed by atoms with Crippen LogP contribution in [0.4, 0.5) is 0 Å². The lowest BCUT2D eigenvalue weighted by molar-refractivity contribution is -0.141. The summed E-state index contributed by atoms with van der Waals surface area (Å²) in [5.74, 6) is -1.06. The van der Waals surface area contributed by atoms with Crippen LogP contribution in [0.1, 0.15) is 45.4 Å². The number of hydrogen-bond donors (Lipinski definition) is 2. The summed E-state index contributed by atoms with van der Waals surface area (Å²) in [5.41, 5.74) is 1.54. The predicted octanol–water partition coefficient (Wildman–Crippen LogP) is 5.88. The van der Waals surface area contributed by atoms with Crippen LogP contribution in [0.2, 0.25) is 23.2 Å². The van der Waals surface area contributed by atoms with Crippen LogP contribution in [-0.4, -0.2) is 54.3 Å². The van der Waals surface area contributed by atoms with Crippen molar-refractivity contribution in [2.75, 3.05) is 7.11 Å². The average molecular weight is 576 g/mol. The van der Waals surface area contributed by atoms with Crippen LogP contribution in [0.15, 0.2) is 48.7 Å². The summed E-state index contributed by atoms with van der Waals surface area (Å²) in [6.07, 6.45) is 9.51. The van der Waals surface area contributed by atoms with E-state index in [1.165, 1.54) is 13.2 Å². The van der Waals surface area contributed by atoms with Gasteiger partial charge in [-0.2, -0.15) is 5.10 Å². The maximum atomic E-state index is 12.7. The molecule has 0 unspecified atom stereocenters. The lowest BCUT2D eigenvalue weighted by atomic mass is 10.0. The Morgan fingerprint density at radius 3 is 2.49 bits per heavy atom. The van der Waals surface area contributed by atoms with Crippen molar-refractivity contribution >= 4 is 37.9 Å². The third-order valence-corrected chi connectivity index (χ3v) is 11.9. The number of carbonyl (C=O) groups excluding carboxylic acids is 1. The maximum Gasteiger partial charge on any atom is 0.326 e. The molecule has 2 rings (SSSR count). The zero-order chi connectivity index (χ0) is 29.4. The number of ether oxygens (including phenoxy) is 1. The second kappa shape index (κ2) is 14.0. The molecule has 3 atom stereocenters. The highest BCUT2D eigenvalue weighted by molar-refractivity contribution is 6.74. The van der Waals surface area contributed by atoms with Crippen molar-refractivity contribution < 1.29 is 23.9 Å². The van der Waals surface area contributed by atoms with E-state index in [1.54, 1.807) is 29.0 Å². The number of carbonyl (C=O) groups is 2. The number of methoxy groups -OCH3 is 1. The van der Waals surface area contributed by atoms with Gasteiger partial charge in [-0.05, 0) is 66.4 Å². The predicted molar refractivity (Wildman–Crippen MR) is 159 cm³/mol. The zero-order valence-electron chi connectivity index (χ0n) is 24.2. The Hall–Kier alpha value is -2.88. The molecule has 214 valence electrons. The molecule has 8 nitrogen and oxygen atoms in total. The molecule has 1 amide bonds. The van der Waals surface area contributed by atoms with Crippen molar-refractivity contribution in [3.8, 4) is 5.75 Å². The minimum atomic E-state index is -2.09. The van der Waals surface area contributed by atoms with Crippen molar-refractivity contribution in [1.82, 2.24) is 15.1 Å². The van der Waals surface area contributed by atoms with Gasteiger partial charge >= 0.3 is 5.97 Å². The van der Waals surface area contributed by atoms with E-state index in [0.29, 0.717) is 22.8 Å². The molecule has 0 aliphatic carbocycles. The summed E-state index contributed by atoms with van der Waals surface area (Å²) in [4.78, 5) is 24.5. The number of aliphatic carboxylic acids is 1. The molecule has 0 aliphatic heterocycles. The third kappa shape index (κ3) is 9.98. The fraction of sp³-hybridized carbons (Fsp3) is 0.483. The number of hydrogen-bond acceptors (Lipinski definition) is 5.